The largest absolute Gasteiger partial charge is 0.298 e. The van der Waals surface area contributed by atoms with E-state index in [2.05, 4.69) is 83.2 Å². The predicted molar refractivity (Wildman–Crippen MR) is 129 cm³/mol. The lowest BCUT2D eigenvalue weighted by Crippen LogP contribution is -2.00. The summed E-state index contributed by atoms with van der Waals surface area (Å²) in [5, 5.41) is 15.2. The fourth-order valence-electron chi connectivity index (χ4n) is 3.10. The molecule has 0 atom stereocenters. The van der Waals surface area contributed by atoms with Crippen molar-refractivity contribution < 1.29 is 0 Å². The summed E-state index contributed by atoms with van der Waals surface area (Å²) in [7, 11) is 0. The van der Waals surface area contributed by atoms with E-state index in [4.69, 9.17) is 4.98 Å². The summed E-state index contributed by atoms with van der Waals surface area (Å²) < 4.78 is 2.14. The molecule has 0 bridgehead atoms. The first-order valence-electron chi connectivity index (χ1n) is 9.82. The van der Waals surface area contributed by atoms with Crippen LogP contribution in [0, 0.1) is 6.92 Å². The van der Waals surface area contributed by atoms with E-state index in [1.54, 1.807) is 34.4 Å². The molecule has 0 unspecified atom stereocenters. The Bertz CT molecular complexity index is 1150. The number of hydrogen-bond acceptors (Lipinski definition) is 6. The molecule has 7 heteroatoms. The minimum Gasteiger partial charge on any atom is -0.298 e. The van der Waals surface area contributed by atoms with Gasteiger partial charge in [-0.3, -0.25) is 4.57 Å². The van der Waals surface area contributed by atoms with Crippen LogP contribution in [0.5, 0.6) is 0 Å². The summed E-state index contributed by atoms with van der Waals surface area (Å²) in [4.78, 5) is 6.18. The van der Waals surface area contributed by atoms with Gasteiger partial charge in [0.05, 0.1) is 5.69 Å². The van der Waals surface area contributed by atoms with Gasteiger partial charge in [-0.25, -0.2) is 4.98 Å². The summed E-state index contributed by atoms with van der Waals surface area (Å²) in [6.45, 7) is 11.1. The highest BCUT2D eigenvalue weighted by atomic mass is 32.2. The van der Waals surface area contributed by atoms with E-state index < -0.39 is 0 Å². The molecule has 0 aliphatic rings. The van der Waals surface area contributed by atoms with Crippen LogP contribution in [0.4, 0.5) is 0 Å². The molecule has 1 aromatic carbocycles. The van der Waals surface area contributed by atoms with Crippen LogP contribution in [0.1, 0.15) is 35.9 Å². The highest BCUT2D eigenvalue weighted by Crippen LogP contribution is 2.32. The summed E-state index contributed by atoms with van der Waals surface area (Å²) in [5.41, 5.74) is 4.61. The standard InChI is InChI=1S/C23H24N4S3/c1-5-9-27-21(18-11-20(15(2)3)28-12-18)25-26-23(27)30-14-19-13-29-22(24-19)17-8-6-7-16(4)10-17/h5-8,10-13,15H,1,9,14H2,2-4H3. The van der Waals surface area contributed by atoms with Crippen molar-refractivity contribution in [2.24, 2.45) is 0 Å². The Morgan fingerprint density at radius 3 is 2.73 bits per heavy atom. The average molecular weight is 453 g/mol. The van der Waals surface area contributed by atoms with Gasteiger partial charge in [0.2, 0.25) is 0 Å². The average Bonchev–Trinajstić information content (AvgIpc) is 3.46. The van der Waals surface area contributed by atoms with Crippen LogP contribution in [0.15, 0.2) is 58.9 Å². The van der Waals surface area contributed by atoms with Crippen LogP contribution in [0.2, 0.25) is 0 Å². The van der Waals surface area contributed by atoms with Crippen molar-refractivity contribution >= 4 is 34.4 Å². The Hall–Kier alpha value is -2.22. The monoisotopic (exact) mass is 452 g/mol. The van der Waals surface area contributed by atoms with Crippen molar-refractivity contribution in [1.29, 1.82) is 0 Å². The normalized spacial score (nSPS) is 11.3. The Labute approximate surface area is 189 Å². The number of thioether (sulfide) groups is 1. The second-order valence-corrected chi connectivity index (χ2v) is 10.1. The van der Waals surface area contributed by atoms with Gasteiger partial charge in [-0.1, -0.05) is 55.4 Å². The third-order valence-electron chi connectivity index (χ3n) is 4.64. The van der Waals surface area contributed by atoms with Gasteiger partial charge in [-0.15, -0.1) is 39.4 Å². The van der Waals surface area contributed by atoms with E-state index in [0.29, 0.717) is 12.5 Å². The van der Waals surface area contributed by atoms with Gasteiger partial charge in [0.25, 0.3) is 0 Å². The highest BCUT2D eigenvalue weighted by Gasteiger charge is 2.16. The van der Waals surface area contributed by atoms with Crippen LogP contribution in [-0.2, 0) is 12.3 Å². The number of aromatic nitrogens is 4. The maximum Gasteiger partial charge on any atom is 0.192 e. The molecular formula is C23H24N4S3. The van der Waals surface area contributed by atoms with Gasteiger partial charge >= 0.3 is 0 Å². The minimum atomic E-state index is 0.514. The molecule has 3 heterocycles. The minimum absolute atomic E-state index is 0.514. The van der Waals surface area contributed by atoms with Crippen molar-refractivity contribution in [3.8, 4) is 22.0 Å². The number of hydrogen-bond donors (Lipinski definition) is 0. The number of nitrogens with zero attached hydrogens (tertiary/aromatic N) is 4. The predicted octanol–water partition coefficient (Wildman–Crippen LogP) is 7.04. The molecule has 3 aromatic heterocycles. The van der Waals surface area contributed by atoms with E-state index in [-0.39, 0.29) is 0 Å². The Morgan fingerprint density at radius 2 is 2.00 bits per heavy atom. The van der Waals surface area contributed by atoms with E-state index in [9.17, 15) is 0 Å². The number of benzene rings is 1. The lowest BCUT2D eigenvalue weighted by atomic mass is 10.1. The van der Waals surface area contributed by atoms with Crippen LogP contribution < -0.4 is 0 Å². The molecule has 0 saturated heterocycles. The fourth-order valence-corrected chi connectivity index (χ4v) is 5.76. The SMILES string of the molecule is C=CCn1c(SCc2csc(-c3cccc(C)c3)n2)nnc1-c1csc(C(C)C)c1. The smallest absolute Gasteiger partial charge is 0.192 e. The summed E-state index contributed by atoms with van der Waals surface area (Å²) in [5.74, 6) is 2.18. The number of aryl methyl sites for hydroxylation is 1. The molecule has 0 fully saturated rings. The maximum atomic E-state index is 4.82. The molecule has 154 valence electrons. The van der Waals surface area contributed by atoms with E-state index in [1.807, 2.05) is 6.08 Å². The number of rotatable bonds is 8. The molecule has 0 aliphatic carbocycles. The van der Waals surface area contributed by atoms with Gasteiger partial charge in [-0.05, 0) is 25.0 Å². The van der Waals surface area contributed by atoms with Crippen molar-refractivity contribution in [2.75, 3.05) is 0 Å². The molecule has 0 saturated carbocycles. The van der Waals surface area contributed by atoms with Crippen molar-refractivity contribution in [2.45, 2.75) is 44.1 Å². The third-order valence-corrected chi connectivity index (χ3v) is 7.82. The molecule has 0 amide bonds. The quantitative estimate of drug-likeness (QED) is 0.212. The van der Waals surface area contributed by atoms with Crippen molar-refractivity contribution in [1.82, 2.24) is 19.7 Å². The van der Waals surface area contributed by atoms with Crippen LogP contribution in [0.25, 0.3) is 22.0 Å². The zero-order valence-electron chi connectivity index (χ0n) is 17.3. The number of thiazole rings is 1. The van der Waals surface area contributed by atoms with Crippen molar-refractivity contribution in [3.63, 3.8) is 0 Å². The summed E-state index contributed by atoms with van der Waals surface area (Å²) in [6.07, 6.45) is 1.89. The Morgan fingerprint density at radius 1 is 1.13 bits per heavy atom. The van der Waals surface area contributed by atoms with Crippen LogP contribution in [0.3, 0.4) is 0 Å². The highest BCUT2D eigenvalue weighted by molar-refractivity contribution is 7.98. The molecule has 4 aromatic rings. The lowest BCUT2D eigenvalue weighted by molar-refractivity contribution is 0.731. The second-order valence-electron chi connectivity index (χ2n) is 7.40. The Balaban J connectivity index is 1.52. The van der Waals surface area contributed by atoms with Gasteiger partial charge in [0, 0.05) is 39.1 Å². The van der Waals surface area contributed by atoms with E-state index >= 15 is 0 Å². The fraction of sp³-hybridized carbons (Fsp3) is 0.261. The molecule has 4 nitrogen and oxygen atoms in total. The number of thiophene rings is 1. The Kier molecular flexibility index (Phi) is 6.51. The van der Waals surface area contributed by atoms with Gasteiger partial charge < -0.3 is 0 Å². The second kappa shape index (κ2) is 9.29. The zero-order valence-corrected chi connectivity index (χ0v) is 19.8. The molecular weight excluding hydrogens is 428 g/mol. The zero-order chi connectivity index (χ0) is 21.1. The third kappa shape index (κ3) is 4.58. The topological polar surface area (TPSA) is 43.6 Å². The van der Waals surface area contributed by atoms with Gasteiger partial charge in [-0.2, -0.15) is 0 Å². The molecule has 0 spiro atoms. The molecule has 4 rings (SSSR count). The van der Waals surface area contributed by atoms with Crippen LogP contribution >= 0.6 is 34.4 Å². The first kappa shape index (κ1) is 21.0. The molecule has 30 heavy (non-hydrogen) atoms. The van der Waals surface area contributed by atoms with Gasteiger partial charge in [0.15, 0.2) is 11.0 Å². The van der Waals surface area contributed by atoms with E-state index in [0.717, 1.165) is 33.0 Å². The van der Waals surface area contributed by atoms with Gasteiger partial charge in [0.1, 0.15) is 5.01 Å². The summed E-state index contributed by atoms with van der Waals surface area (Å²) >= 11 is 5.13. The lowest BCUT2D eigenvalue weighted by Gasteiger charge is -2.06. The molecule has 0 aliphatic heterocycles. The molecule has 0 N–H and O–H groups in total. The first-order chi connectivity index (χ1) is 14.5. The first-order valence-corrected chi connectivity index (χ1v) is 12.6. The maximum absolute atomic E-state index is 4.82. The summed E-state index contributed by atoms with van der Waals surface area (Å²) in [6, 6.07) is 10.7. The molecule has 0 radical (unpaired) electrons. The number of allylic oxidation sites excluding steroid dienone is 1. The van der Waals surface area contributed by atoms with E-state index in [1.165, 1.54) is 16.0 Å². The van der Waals surface area contributed by atoms with Crippen LogP contribution in [-0.4, -0.2) is 19.7 Å². The van der Waals surface area contributed by atoms with Crippen molar-refractivity contribution in [3.05, 3.63) is 69.9 Å².